The first-order valence-corrected chi connectivity index (χ1v) is 3.94. The number of hydrogen-bond acceptors (Lipinski definition) is 2. The van der Waals surface area contributed by atoms with Crippen LogP contribution >= 0.6 is 0 Å². The third-order valence-electron chi connectivity index (χ3n) is 1.65. The first-order valence-electron chi connectivity index (χ1n) is 3.94. The first kappa shape index (κ1) is 8.89. The van der Waals surface area contributed by atoms with Crippen LogP contribution in [-0.4, -0.2) is 5.11 Å². The molecule has 0 spiro atoms. The van der Waals surface area contributed by atoms with Crippen molar-refractivity contribution in [1.29, 1.82) is 0 Å². The first-order chi connectivity index (χ1) is 5.84. The van der Waals surface area contributed by atoms with Crippen LogP contribution in [-0.2, 0) is 0 Å². The molecule has 12 heavy (non-hydrogen) atoms. The standard InChI is InChI=1S/C10H12O2/c1-2-3-4-5-10(11)9-6-7-12-8-9/h6-8,10-11H,4-5H2,1H3. The van der Waals surface area contributed by atoms with E-state index in [1.807, 2.05) is 0 Å². The van der Waals surface area contributed by atoms with Crippen molar-refractivity contribution in [3.05, 3.63) is 24.2 Å². The summed E-state index contributed by atoms with van der Waals surface area (Å²) in [6, 6.07) is 1.77. The Bertz CT molecular complexity index is 264. The molecule has 0 radical (unpaired) electrons. The van der Waals surface area contributed by atoms with Crippen molar-refractivity contribution in [2.45, 2.75) is 25.9 Å². The summed E-state index contributed by atoms with van der Waals surface area (Å²) < 4.78 is 4.85. The molecule has 2 nitrogen and oxygen atoms in total. The lowest BCUT2D eigenvalue weighted by Gasteiger charge is -2.03. The van der Waals surface area contributed by atoms with E-state index in [2.05, 4.69) is 11.8 Å². The van der Waals surface area contributed by atoms with Crippen molar-refractivity contribution >= 4 is 0 Å². The highest BCUT2D eigenvalue weighted by Crippen LogP contribution is 2.17. The van der Waals surface area contributed by atoms with Gasteiger partial charge < -0.3 is 9.52 Å². The van der Waals surface area contributed by atoms with Gasteiger partial charge in [-0.1, -0.05) is 0 Å². The molecule has 0 fully saturated rings. The average molecular weight is 164 g/mol. The van der Waals surface area contributed by atoms with Crippen LogP contribution in [0.5, 0.6) is 0 Å². The van der Waals surface area contributed by atoms with Gasteiger partial charge in [-0.15, -0.1) is 11.8 Å². The molecular formula is C10H12O2. The Morgan fingerprint density at radius 2 is 2.50 bits per heavy atom. The van der Waals surface area contributed by atoms with Crippen molar-refractivity contribution in [2.24, 2.45) is 0 Å². The predicted molar refractivity (Wildman–Crippen MR) is 46.4 cm³/mol. The van der Waals surface area contributed by atoms with Gasteiger partial charge in [-0.05, 0) is 19.4 Å². The number of aliphatic hydroxyl groups is 1. The van der Waals surface area contributed by atoms with E-state index < -0.39 is 6.10 Å². The SMILES string of the molecule is CC#CCCC(O)c1ccoc1. The molecule has 0 bridgehead atoms. The summed E-state index contributed by atoms with van der Waals surface area (Å²) in [6.07, 6.45) is 4.07. The molecule has 0 saturated heterocycles. The second-order valence-electron chi connectivity index (χ2n) is 2.54. The van der Waals surface area contributed by atoms with Crippen molar-refractivity contribution in [3.8, 4) is 11.8 Å². The lowest BCUT2D eigenvalue weighted by molar-refractivity contribution is 0.168. The Kier molecular flexibility index (Phi) is 3.43. The minimum atomic E-state index is -0.440. The zero-order valence-corrected chi connectivity index (χ0v) is 7.08. The highest BCUT2D eigenvalue weighted by atomic mass is 16.3. The van der Waals surface area contributed by atoms with Gasteiger partial charge in [0, 0.05) is 12.0 Å². The molecule has 1 unspecified atom stereocenters. The maximum Gasteiger partial charge on any atom is 0.0960 e. The summed E-state index contributed by atoms with van der Waals surface area (Å²) in [5.74, 6) is 5.68. The summed E-state index contributed by atoms with van der Waals surface area (Å²) in [7, 11) is 0. The van der Waals surface area contributed by atoms with Gasteiger partial charge in [0.25, 0.3) is 0 Å². The Hall–Kier alpha value is -1.20. The fourth-order valence-electron chi connectivity index (χ4n) is 0.965. The minimum Gasteiger partial charge on any atom is -0.472 e. The molecule has 0 aliphatic heterocycles. The van der Waals surface area contributed by atoms with Crippen LogP contribution in [0.1, 0.15) is 31.4 Å². The van der Waals surface area contributed by atoms with Crippen LogP contribution in [0.25, 0.3) is 0 Å². The van der Waals surface area contributed by atoms with Crippen molar-refractivity contribution in [2.75, 3.05) is 0 Å². The van der Waals surface area contributed by atoms with Crippen LogP contribution in [0.3, 0.4) is 0 Å². The van der Waals surface area contributed by atoms with E-state index in [1.54, 1.807) is 25.5 Å². The van der Waals surface area contributed by atoms with Crippen molar-refractivity contribution in [1.82, 2.24) is 0 Å². The maximum atomic E-state index is 9.51. The maximum absolute atomic E-state index is 9.51. The van der Waals surface area contributed by atoms with E-state index in [0.29, 0.717) is 6.42 Å². The van der Waals surface area contributed by atoms with E-state index in [9.17, 15) is 5.11 Å². The molecule has 1 aromatic rings. The Morgan fingerprint density at radius 1 is 1.67 bits per heavy atom. The summed E-state index contributed by atoms with van der Waals surface area (Å²) in [5, 5.41) is 9.51. The van der Waals surface area contributed by atoms with Gasteiger partial charge in [0.05, 0.1) is 18.6 Å². The van der Waals surface area contributed by atoms with Gasteiger partial charge >= 0.3 is 0 Å². The molecule has 0 amide bonds. The van der Waals surface area contributed by atoms with E-state index in [0.717, 1.165) is 12.0 Å². The number of rotatable bonds is 3. The Labute approximate surface area is 72.2 Å². The van der Waals surface area contributed by atoms with E-state index in [-0.39, 0.29) is 0 Å². The lowest BCUT2D eigenvalue weighted by atomic mass is 10.1. The molecule has 0 aromatic carbocycles. The molecule has 1 rings (SSSR count). The smallest absolute Gasteiger partial charge is 0.0960 e. The largest absolute Gasteiger partial charge is 0.472 e. The van der Waals surface area contributed by atoms with Crippen LogP contribution < -0.4 is 0 Å². The fourth-order valence-corrected chi connectivity index (χ4v) is 0.965. The van der Waals surface area contributed by atoms with E-state index >= 15 is 0 Å². The predicted octanol–water partition coefficient (Wildman–Crippen LogP) is 2.12. The number of furan rings is 1. The molecule has 0 aliphatic carbocycles. The molecule has 2 heteroatoms. The van der Waals surface area contributed by atoms with Gasteiger partial charge in [0.2, 0.25) is 0 Å². The molecule has 1 atom stereocenters. The molecule has 1 N–H and O–H groups in total. The lowest BCUT2D eigenvalue weighted by Crippen LogP contribution is -1.93. The zero-order chi connectivity index (χ0) is 8.81. The van der Waals surface area contributed by atoms with Crippen LogP contribution in [0, 0.1) is 11.8 Å². The van der Waals surface area contributed by atoms with Crippen LogP contribution in [0.15, 0.2) is 23.0 Å². The van der Waals surface area contributed by atoms with Gasteiger partial charge in [0.15, 0.2) is 0 Å². The third-order valence-corrected chi connectivity index (χ3v) is 1.65. The number of hydrogen-bond donors (Lipinski definition) is 1. The van der Waals surface area contributed by atoms with Crippen LogP contribution in [0.4, 0.5) is 0 Å². The third kappa shape index (κ3) is 2.44. The molecule has 64 valence electrons. The fraction of sp³-hybridized carbons (Fsp3) is 0.400. The topological polar surface area (TPSA) is 33.4 Å². The quantitative estimate of drug-likeness (QED) is 0.694. The molecular weight excluding hydrogens is 152 g/mol. The van der Waals surface area contributed by atoms with E-state index in [4.69, 9.17) is 4.42 Å². The van der Waals surface area contributed by atoms with E-state index in [1.165, 1.54) is 0 Å². The van der Waals surface area contributed by atoms with Gasteiger partial charge in [-0.2, -0.15) is 0 Å². The zero-order valence-electron chi connectivity index (χ0n) is 7.08. The summed E-state index contributed by atoms with van der Waals surface area (Å²) in [5.41, 5.74) is 0.827. The van der Waals surface area contributed by atoms with Gasteiger partial charge in [-0.25, -0.2) is 0 Å². The van der Waals surface area contributed by atoms with Crippen LogP contribution in [0.2, 0.25) is 0 Å². The van der Waals surface area contributed by atoms with Crippen molar-refractivity contribution in [3.63, 3.8) is 0 Å². The molecule has 1 aromatic heterocycles. The molecule has 0 aliphatic rings. The highest BCUT2D eigenvalue weighted by molar-refractivity contribution is 5.09. The monoisotopic (exact) mass is 164 g/mol. The Balaban J connectivity index is 2.37. The normalized spacial score (nSPS) is 11.8. The minimum absolute atomic E-state index is 0.440. The second kappa shape index (κ2) is 4.63. The number of aliphatic hydroxyl groups excluding tert-OH is 1. The highest BCUT2D eigenvalue weighted by Gasteiger charge is 2.06. The Morgan fingerprint density at radius 3 is 3.08 bits per heavy atom. The van der Waals surface area contributed by atoms with Crippen molar-refractivity contribution < 1.29 is 9.52 Å². The molecule has 0 saturated carbocycles. The summed E-state index contributed by atoms with van der Waals surface area (Å²) in [4.78, 5) is 0. The second-order valence-corrected chi connectivity index (χ2v) is 2.54. The molecule has 1 heterocycles. The summed E-state index contributed by atoms with van der Waals surface area (Å²) >= 11 is 0. The van der Waals surface area contributed by atoms with Gasteiger partial charge in [0.1, 0.15) is 0 Å². The summed E-state index contributed by atoms with van der Waals surface area (Å²) in [6.45, 7) is 1.80. The van der Waals surface area contributed by atoms with Gasteiger partial charge in [-0.3, -0.25) is 0 Å². The average Bonchev–Trinajstić information content (AvgIpc) is 2.56.